The van der Waals surface area contributed by atoms with Gasteiger partial charge in [-0.15, -0.1) is 10.2 Å². The number of azo groups is 1. The van der Waals surface area contributed by atoms with Crippen LogP contribution in [0.3, 0.4) is 0 Å². The Kier molecular flexibility index (Phi) is 3.26. The maximum Gasteiger partial charge on any atom is 0.232 e. The lowest BCUT2D eigenvalue weighted by atomic mass is 10.1. The van der Waals surface area contributed by atoms with Gasteiger partial charge in [0.25, 0.3) is 0 Å². The second kappa shape index (κ2) is 5.28. The summed E-state index contributed by atoms with van der Waals surface area (Å²) >= 11 is 0. The van der Waals surface area contributed by atoms with Crippen LogP contribution in [0.5, 0.6) is 5.75 Å². The monoisotopic (exact) mass is 299 g/mol. The van der Waals surface area contributed by atoms with Crippen LogP contribution < -0.4 is 9.64 Å². The molecular weight excluding hydrogens is 278 g/mol. The highest BCUT2D eigenvalue weighted by Gasteiger charge is 2.36. The van der Waals surface area contributed by atoms with Crippen LogP contribution >= 0.6 is 0 Å². The molecule has 1 saturated heterocycles. The maximum atomic E-state index is 5.99. The predicted octanol–water partition coefficient (Wildman–Crippen LogP) is 1.76. The maximum absolute atomic E-state index is 5.99. The molecule has 0 aliphatic carbocycles. The van der Waals surface area contributed by atoms with Crippen molar-refractivity contribution in [1.82, 2.24) is 9.80 Å². The summed E-state index contributed by atoms with van der Waals surface area (Å²) in [4.78, 5) is 6.89. The number of likely N-dealkylation sites (N-methyl/N-ethyl adjacent to an activating group) is 2. The van der Waals surface area contributed by atoms with Gasteiger partial charge < -0.3 is 19.4 Å². The van der Waals surface area contributed by atoms with Crippen LogP contribution in [0, 0.1) is 0 Å². The van der Waals surface area contributed by atoms with Crippen molar-refractivity contribution >= 4 is 5.69 Å². The molecule has 116 valence electrons. The van der Waals surface area contributed by atoms with Gasteiger partial charge in [0, 0.05) is 33.2 Å². The number of rotatable bonds is 1. The molecule has 0 N–H and O–H groups in total. The van der Waals surface area contributed by atoms with Crippen molar-refractivity contribution in [1.29, 1.82) is 0 Å². The minimum atomic E-state index is -0.254. The largest absolute Gasteiger partial charge is 0.462 e. The molecule has 0 aromatic heterocycles. The first kappa shape index (κ1) is 13.6. The quantitative estimate of drug-likeness (QED) is 0.792. The van der Waals surface area contributed by atoms with E-state index >= 15 is 0 Å². The van der Waals surface area contributed by atoms with Gasteiger partial charge in [0.15, 0.2) is 0 Å². The minimum absolute atomic E-state index is 0.0991. The zero-order valence-corrected chi connectivity index (χ0v) is 13.0. The Morgan fingerprint density at radius 1 is 1.09 bits per heavy atom. The van der Waals surface area contributed by atoms with Gasteiger partial charge in [0.1, 0.15) is 17.6 Å². The summed E-state index contributed by atoms with van der Waals surface area (Å²) < 4.78 is 5.99. The Hall–Kier alpha value is -2.08. The number of hydrogen-bond donors (Lipinski definition) is 0. The lowest BCUT2D eigenvalue weighted by Gasteiger charge is -2.41. The van der Waals surface area contributed by atoms with Crippen LogP contribution in [-0.2, 0) is 0 Å². The van der Waals surface area contributed by atoms with E-state index in [4.69, 9.17) is 4.74 Å². The molecule has 0 spiro atoms. The van der Waals surface area contributed by atoms with Gasteiger partial charge in [-0.2, -0.15) is 0 Å². The standard InChI is InChI=1S/C16H21N5O/c1-19-7-9-21(10-8-19)15-11-13-16(18-17-15)22-14-6-4-3-5-12(14)20(13)2/h3-6,11,13,16H,7-10H2,1-2H3. The fourth-order valence-corrected chi connectivity index (χ4v) is 3.19. The summed E-state index contributed by atoms with van der Waals surface area (Å²) in [6.07, 6.45) is 1.94. The lowest BCUT2D eigenvalue weighted by molar-refractivity contribution is 0.150. The Bertz CT molecular complexity index is 621. The molecule has 0 saturated carbocycles. The number of hydrogen-bond acceptors (Lipinski definition) is 6. The lowest BCUT2D eigenvalue weighted by Crippen LogP contribution is -2.49. The number of anilines is 1. The van der Waals surface area contributed by atoms with Crippen LogP contribution in [0.4, 0.5) is 5.69 Å². The third kappa shape index (κ3) is 2.23. The van der Waals surface area contributed by atoms with E-state index in [0.29, 0.717) is 0 Å². The highest BCUT2D eigenvalue weighted by molar-refractivity contribution is 5.61. The zero-order chi connectivity index (χ0) is 15.1. The number of nitrogens with zero attached hydrogens (tertiary/aromatic N) is 5. The van der Waals surface area contributed by atoms with Gasteiger partial charge in [0.2, 0.25) is 6.23 Å². The SMILES string of the molecule is CN1CCN(C2=CC3C(N=N2)Oc2ccccc2N3C)CC1. The van der Waals surface area contributed by atoms with Crippen LogP contribution in [0.2, 0.25) is 0 Å². The van der Waals surface area contributed by atoms with Crippen LogP contribution in [0.25, 0.3) is 0 Å². The van der Waals surface area contributed by atoms with Crippen molar-refractivity contribution in [3.63, 3.8) is 0 Å². The van der Waals surface area contributed by atoms with Crippen molar-refractivity contribution < 1.29 is 4.74 Å². The van der Waals surface area contributed by atoms with Gasteiger partial charge in [-0.05, 0) is 25.3 Å². The molecule has 0 bridgehead atoms. The molecule has 4 rings (SSSR count). The Morgan fingerprint density at radius 3 is 2.68 bits per heavy atom. The van der Waals surface area contributed by atoms with E-state index in [1.807, 2.05) is 18.2 Å². The fraction of sp³-hybridized carbons (Fsp3) is 0.500. The first-order valence-corrected chi connectivity index (χ1v) is 7.77. The van der Waals surface area contributed by atoms with Crippen molar-refractivity contribution in [2.45, 2.75) is 12.3 Å². The van der Waals surface area contributed by atoms with Crippen molar-refractivity contribution in [2.24, 2.45) is 10.2 Å². The predicted molar refractivity (Wildman–Crippen MR) is 85.1 cm³/mol. The minimum Gasteiger partial charge on any atom is -0.462 e. The number of benzene rings is 1. The molecule has 3 aliphatic rings. The average Bonchev–Trinajstić information content (AvgIpc) is 2.56. The topological polar surface area (TPSA) is 43.7 Å². The number of piperazine rings is 1. The van der Waals surface area contributed by atoms with Gasteiger partial charge in [-0.3, -0.25) is 0 Å². The molecule has 1 fully saturated rings. The van der Waals surface area contributed by atoms with E-state index in [9.17, 15) is 0 Å². The molecule has 1 aromatic rings. The molecule has 2 atom stereocenters. The first-order chi connectivity index (χ1) is 10.7. The van der Waals surface area contributed by atoms with Gasteiger partial charge in [0.05, 0.1) is 5.69 Å². The Balaban J connectivity index is 1.59. The van der Waals surface area contributed by atoms with Gasteiger partial charge in [-0.25, -0.2) is 0 Å². The third-order valence-corrected chi connectivity index (χ3v) is 4.65. The van der Waals surface area contributed by atoms with E-state index in [2.05, 4.69) is 51.2 Å². The second-order valence-corrected chi connectivity index (χ2v) is 6.11. The molecule has 0 radical (unpaired) electrons. The molecule has 2 unspecified atom stereocenters. The second-order valence-electron chi connectivity index (χ2n) is 6.11. The number of fused-ring (bicyclic) bond motifs is 2. The average molecular weight is 299 g/mol. The molecular formula is C16H21N5O. The summed E-state index contributed by atoms with van der Waals surface area (Å²) in [6, 6.07) is 8.19. The molecule has 6 heteroatoms. The zero-order valence-electron chi connectivity index (χ0n) is 13.0. The summed E-state index contributed by atoms with van der Waals surface area (Å²) in [5.74, 6) is 1.85. The summed E-state index contributed by atoms with van der Waals surface area (Å²) in [7, 11) is 4.25. The van der Waals surface area contributed by atoms with Crippen molar-refractivity contribution in [3.8, 4) is 5.75 Å². The molecule has 22 heavy (non-hydrogen) atoms. The van der Waals surface area contributed by atoms with Crippen molar-refractivity contribution in [3.05, 3.63) is 36.2 Å². The smallest absolute Gasteiger partial charge is 0.232 e. The summed E-state index contributed by atoms with van der Waals surface area (Å²) in [5, 5.41) is 8.83. The van der Waals surface area contributed by atoms with Gasteiger partial charge >= 0.3 is 0 Å². The molecule has 3 heterocycles. The molecule has 6 nitrogen and oxygen atoms in total. The van der Waals surface area contributed by atoms with Crippen LogP contribution in [-0.4, -0.2) is 62.3 Å². The number of para-hydroxylation sites is 2. The van der Waals surface area contributed by atoms with Gasteiger partial charge in [-0.1, -0.05) is 12.1 Å². The van der Waals surface area contributed by atoms with E-state index in [0.717, 1.165) is 43.4 Å². The van der Waals surface area contributed by atoms with E-state index in [-0.39, 0.29) is 12.3 Å². The van der Waals surface area contributed by atoms with Crippen LogP contribution in [0.15, 0.2) is 46.4 Å². The van der Waals surface area contributed by atoms with E-state index in [1.165, 1.54) is 0 Å². The Morgan fingerprint density at radius 2 is 1.86 bits per heavy atom. The summed E-state index contributed by atoms with van der Waals surface area (Å²) in [5.41, 5.74) is 1.11. The molecule has 1 aromatic carbocycles. The molecule has 0 amide bonds. The van der Waals surface area contributed by atoms with E-state index < -0.39 is 0 Å². The highest BCUT2D eigenvalue weighted by atomic mass is 16.5. The van der Waals surface area contributed by atoms with Crippen LogP contribution in [0.1, 0.15) is 0 Å². The fourth-order valence-electron chi connectivity index (χ4n) is 3.19. The first-order valence-electron chi connectivity index (χ1n) is 7.77. The molecule has 3 aliphatic heterocycles. The number of ether oxygens (including phenoxy) is 1. The highest BCUT2D eigenvalue weighted by Crippen LogP contribution is 2.37. The summed E-state index contributed by atoms with van der Waals surface area (Å²) in [6.45, 7) is 4.13. The third-order valence-electron chi connectivity index (χ3n) is 4.65. The normalized spacial score (nSPS) is 27.8. The van der Waals surface area contributed by atoms with Crippen molar-refractivity contribution in [2.75, 3.05) is 45.2 Å². The van der Waals surface area contributed by atoms with E-state index in [1.54, 1.807) is 0 Å². The Labute approximate surface area is 130 Å².